The Morgan fingerprint density at radius 3 is 2.31 bits per heavy atom. The lowest BCUT2D eigenvalue weighted by molar-refractivity contribution is 0.396. The maximum Gasteiger partial charge on any atom is 0.131 e. The minimum Gasteiger partial charge on any atom is -0.496 e. The smallest absolute Gasteiger partial charge is 0.131 e. The van der Waals surface area contributed by atoms with E-state index in [4.69, 9.17) is 4.74 Å². The fourth-order valence-electron chi connectivity index (χ4n) is 2.85. The molecule has 1 aromatic heterocycles. The standard InChI is InChI=1S/C23H32N2O/c1-22(2,3)18-14-17(21(26-7)20(15-18)23(4,5)6)16-24-13-11-19-10-8-9-12-25-19/h8-10,12,14-16H,11,13H2,1-7H3. The Morgan fingerprint density at radius 2 is 1.77 bits per heavy atom. The van der Waals surface area contributed by atoms with Gasteiger partial charge in [0.05, 0.1) is 7.11 Å². The third-order valence-corrected chi connectivity index (χ3v) is 4.45. The molecule has 1 heterocycles. The molecule has 140 valence electrons. The minimum atomic E-state index is 0.00313. The summed E-state index contributed by atoms with van der Waals surface area (Å²) in [5, 5.41) is 0. The van der Waals surface area contributed by atoms with Gasteiger partial charge < -0.3 is 4.74 Å². The molecular weight excluding hydrogens is 320 g/mol. The van der Waals surface area contributed by atoms with Gasteiger partial charge in [-0.3, -0.25) is 9.98 Å². The maximum atomic E-state index is 5.78. The van der Waals surface area contributed by atoms with Crippen molar-refractivity contribution >= 4 is 6.21 Å². The first kappa shape index (κ1) is 20.2. The van der Waals surface area contributed by atoms with Crippen LogP contribution in [0.2, 0.25) is 0 Å². The van der Waals surface area contributed by atoms with Crippen molar-refractivity contribution in [1.29, 1.82) is 0 Å². The van der Waals surface area contributed by atoms with E-state index in [1.54, 1.807) is 7.11 Å². The molecule has 0 atom stereocenters. The number of pyridine rings is 1. The lowest BCUT2D eigenvalue weighted by atomic mass is 9.79. The first-order chi connectivity index (χ1) is 12.1. The van der Waals surface area contributed by atoms with Gasteiger partial charge in [0.1, 0.15) is 5.75 Å². The van der Waals surface area contributed by atoms with Gasteiger partial charge in [-0.05, 0) is 34.6 Å². The third kappa shape index (κ3) is 5.17. The molecule has 0 aliphatic carbocycles. The van der Waals surface area contributed by atoms with Crippen molar-refractivity contribution in [2.45, 2.75) is 58.8 Å². The molecule has 0 spiro atoms. The maximum absolute atomic E-state index is 5.78. The van der Waals surface area contributed by atoms with Crippen LogP contribution in [0.5, 0.6) is 5.75 Å². The Morgan fingerprint density at radius 1 is 1.04 bits per heavy atom. The van der Waals surface area contributed by atoms with Gasteiger partial charge in [0.2, 0.25) is 0 Å². The number of hydrogen-bond acceptors (Lipinski definition) is 3. The number of rotatable bonds is 5. The van der Waals surface area contributed by atoms with Gasteiger partial charge in [-0.25, -0.2) is 0 Å². The number of aromatic nitrogens is 1. The SMILES string of the molecule is COc1c(C=NCCc2ccccn2)cc(C(C)(C)C)cc1C(C)(C)C. The van der Waals surface area contributed by atoms with E-state index in [9.17, 15) is 0 Å². The Balaban J connectivity index is 2.34. The van der Waals surface area contributed by atoms with Crippen molar-refractivity contribution in [3.8, 4) is 5.75 Å². The van der Waals surface area contributed by atoms with E-state index in [2.05, 4.69) is 63.7 Å². The molecule has 0 fully saturated rings. The zero-order chi connectivity index (χ0) is 19.4. The van der Waals surface area contributed by atoms with E-state index in [-0.39, 0.29) is 10.8 Å². The number of nitrogens with zero attached hydrogens (tertiary/aromatic N) is 2. The van der Waals surface area contributed by atoms with Crippen molar-refractivity contribution in [1.82, 2.24) is 4.98 Å². The molecule has 0 bridgehead atoms. The Kier molecular flexibility index (Phi) is 6.22. The summed E-state index contributed by atoms with van der Waals surface area (Å²) in [7, 11) is 1.74. The van der Waals surface area contributed by atoms with Crippen molar-refractivity contribution in [2.75, 3.05) is 13.7 Å². The molecule has 0 radical (unpaired) electrons. The van der Waals surface area contributed by atoms with Gasteiger partial charge in [0, 0.05) is 42.2 Å². The molecule has 1 aromatic carbocycles. The lowest BCUT2D eigenvalue weighted by Gasteiger charge is -2.28. The molecule has 0 saturated heterocycles. The molecule has 0 aliphatic rings. The Hall–Kier alpha value is -2.16. The van der Waals surface area contributed by atoms with Crippen molar-refractivity contribution in [3.05, 3.63) is 58.9 Å². The highest BCUT2D eigenvalue weighted by molar-refractivity contribution is 5.85. The van der Waals surface area contributed by atoms with Gasteiger partial charge in [-0.2, -0.15) is 0 Å². The monoisotopic (exact) mass is 352 g/mol. The molecule has 3 nitrogen and oxygen atoms in total. The van der Waals surface area contributed by atoms with Gasteiger partial charge in [0.25, 0.3) is 0 Å². The highest BCUT2D eigenvalue weighted by Crippen LogP contribution is 2.37. The second-order valence-corrected chi connectivity index (χ2v) is 8.75. The zero-order valence-corrected chi connectivity index (χ0v) is 17.3. The molecule has 0 saturated carbocycles. The second kappa shape index (κ2) is 8.03. The number of aliphatic imine (C=N–C) groups is 1. The van der Waals surface area contributed by atoms with Crippen LogP contribution in [0.1, 0.15) is 63.9 Å². The molecule has 2 aromatic rings. The summed E-state index contributed by atoms with van der Waals surface area (Å²) in [5.41, 5.74) is 4.71. The molecule has 0 amide bonds. The fraction of sp³-hybridized carbons (Fsp3) is 0.478. The topological polar surface area (TPSA) is 34.5 Å². The highest BCUT2D eigenvalue weighted by Gasteiger charge is 2.25. The molecule has 0 aliphatic heterocycles. The fourth-order valence-corrected chi connectivity index (χ4v) is 2.85. The van der Waals surface area contributed by atoms with Crippen LogP contribution in [-0.4, -0.2) is 24.9 Å². The van der Waals surface area contributed by atoms with Crippen molar-refractivity contribution in [3.63, 3.8) is 0 Å². The van der Waals surface area contributed by atoms with Crippen LogP contribution in [0.3, 0.4) is 0 Å². The Bertz CT molecular complexity index is 750. The molecule has 3 heteroatoms. The van der Waals surface area contributed by atoms with E-state index < -0.39 is 0 Å². The van der Waals surface area contributed by atoms with E-state index >= 15 is 0 Å². The van der Waals surface area contributed by atoms with E-state index in [0.29, 0.717) is 6.54 Å². The predicted molar refractivity (Wildman–Crippen MR) is 111 cm³/mol. The minimum absolute atomic E-state index is 0.00313. The molecule has 26 heavy (non-hydrogen) atoms. The molecule has 0 unspecified atom stereocenters. The quantitative estimate of drug-likeness (QED) is 0.680. The van der Waals surface area contributed by atoms with Crippen LogP contribution in [0.15, 0.2) is 41.5 Å². The van der Waals surface area contributed by atoms with Crippen LogP contribution in [-0.2, 0) is 17.3 Å². The average molecular weight is 353 g/mol. The molecular formula is C23H32N2O. The number of benzene rings is 1. The number of hydrogen-bond donors (Lipinski definition) is 0. The summed E-state index contributed by atoms with van der Waals surface area (Å²) >= 11 is 0. The van der Waals surface area contributed by atoms with Gasteiger partial charge >= 0.3 is 0 Å². The summed E-state index contributed by atoms with van der Waals surface area (Å²) in [6, 6.07) is 10.5. The molecule has 2 rings (SSSR count). The first-order valence-electron chi connectivity index (χ1n) is 9.25. The predicted octanol–water partition coefficient (Wildman–Crippen LogP) is 5.35. The van der Waals surface area contributed by atoms with Gasteiger partial charge in [-0.15, -0.1) is 0 Å². The lowest BCUT2D eigenvalue weighted by Crippen LogP contribution is -2.18. The zero-order valence-electron chi connectivity index (χ0n) is 17.3. The van der Waals surface area contributed by atoms with Crippen LogP contribution < -0.4 is 4.74 Å². The second-order valence-electron chi connectivity index (χ2n) is 8.75. The number of methoxy groups -OCH3 is 1. The third-order valence-electron chi connectivity index (χ3n) is 4.45. The summed E-state index contributed by atoms with van der Waals surface area (Å²) < 4.78 is 5.78. The largest absolute Gasteiger partial charge is 0.496 e. The Labute approximate surface area is 158 Å². The average Bonchev–Trinajstić information content (AvgIpc) is 2.57. The van der Waals surface area contributed by atoms with E-state index in [0.717, 1.165) is 23.4 Å². The first-order valence-corrected chi connectivity index (χ1v) is 9.25. The normalized spacial score (nSPS) is 12.6. The van der Waals surface area contributed by atoms with Crippen LogP contribution in [0.4, 0.5) is 0 Å². The summed E-state index contributed by atoms with van der Waals surface area (Å²) in [4.78, 5) is 9.00. The van der Waals surface area contributed by atoms with Crippen molar-refractivity contribution in [2.24, 2.45) is 4.99 Å². The van der Waals surface area contributed by atoms with Crippen molar-refractivity contribution < 1.29 is 4.74 Å². The summed E-state index contributed by atoms with van der Waals surface area (Å²) in [5.74, 6) is 0.923. The molecule has 0 N–H and O–H groups in total. The van der Waals surface area contributed by atoms with Gasteiger partial charge in [-0.1, -0.05) is 53.7 Å². The highest BCUT2D eigenvalue weighted by atomic mass is 16.5. The van der Waals surface area contributed by atoms with Crippen LogP contribution >= 0.6 is 0 Å². The van der Waals surface area contributed by atoms with Gasteiger partial charge in [0.15, 0.2) is 0 Å². The summed E-state index contributed by atoms with van der Waals surface area (Å²) in [6.45, 7) is 14.1. The van der Waals surface area contributed by atoms with Crippen LogP contribution in [0, 0.1) is 0 Å². The summed E-state index contributed by atoms with van der Waals surface area (Å²) in [6.07, 6.45) is 4.61. The van der Waals surface area contributed by atoms with E-state index in [1.807, 2.05) is 30.6 Å². The number of ether oxygens (including phenoxy) is 1. The van der Waals surface area contributed by atoms with Crippen LogP contribution in [0.25, 0.3) is 0 Å². The van der Waals surface area contributed by atoms with E-state index in [1.165, 1.54) is 11.1 Å².